The van der Waals surface area contributed by atoms with Gasteiger partial charge in [0, 0.05) is 18.9 Å². The van der Waals surface area contributed by atoms with Crippen LogP contribution >= 0.6 is 11.8 Å². The fraction of sp³-hybridized carbons (Fsp3) is 0.240. The molecule has 3 aromatic rings. The lowest BCUT2D eigenvalue weighted by molar-refractivity contribution is -0.138. The van der Waals surface area contributed by atoms with Gasteiger partial charge in [-0.3, -0.25) is 14.4 Å². The van der Waals surface area contributed by atoms with Crippen LogP contribution in [0.3, 0.4) is 0 Å². The molecule has 3 amide bonds. The molecule has 0 aliphatic carbocycles. The molecule has 8 heteroatoms. The normalized spacial score (nSPS) is 16.6. The van der Waals surface area contributed by atoms with Gasteiger partial charge in [0.15, 0.2) is 5.16 Å². The van der Waals surface area contributed by atoms with E-state index >= 15 is 0 Å². The van der Waals surface area contributed by atoms with Crippen LogP contribution in [0.5, 0.6) is 0 Å². The summed E-state index contributed by atoms with van der Waals surface area (Å²) < 4.78 is 0. The molecular formula is C25H24N4O3S. The lowest BCUT2D eigenvalue weighted by Crippen LogP contribution is -2.48. The van der Waals surface area contributed by atoms with E-state index in [4.69, 9.17) is 0 Å². The zero-order valence-electron chi connectivity index (χ0n) is 18.2. The number of aromatic nitrogens is 2. The molecule has 33 heavy (non-hydrogen) atoms. The number of para-hydroxylation sites is 1. The van der Waals surface area contributed by atoms with E-state index in [1.807, 2.05) is 43.3 Å². The minimum atomic E-state index is -0.864. The van der Waals surface area contributed by atoms with Gasteiger partial charge in [-0.15, -0.1) is 0 Å². The molecule has 2 heterocycles. The fourth-order valence-corrected chi connectivity index (χ4v) is 4.70. The van der Waals surface area contributed by atoms with Crippen molar-refractivity contribution in [2.45, 2.75) is 42.8 Å². The summed E-state index contributed by atoms with van der Waals surface area (Å²) in [5.41, 5.74) is 1.40. The number of carbonyl (C=O) groups excluding carboxylic acids is 3. The molecule has 2 aromatic carbocycles. The van der Waals surface area contributed by atoms with Crippen LogP contribution in [0.1, 0.15) is 25.3 Å². The third-order valence-corrected chi connectivity index (χ3v) is 6.67. The van der Waals surface area contributed by atoms with Gasteiger partial charge in [0.2, 0.25) is 11.8 Å². The van der Waals surface area contributed by atoms with Gasteiger partial charge >= 0.3 is 0 Å². The zero-order valence-corrected chi connectivity index (χ0v) is 19.0. The van der Waals surface area contributed by atoms with Gasteiger partial charge in [0.1, 0.15) is 6.04 Å². The van der Waals surface area contributed by atoms with Gasteiger partial charge in [-0.05, 0) is 30.2 Å². The number of amides is 3. The van der Waals surface area contributed by atoms with E-state index < -0.39 is 11.3 Å². The molecule has 0 N–H and O–H groups in total. The molecule has 2 atom stereocenters. The Morgan fingerprint density at radius 3 is 2.30 bits per heavy atom. The predicted molar refractivity (Wildman–Crippen MR) is 126 cm³/mol. The van der Waals surface area contributed by atoms with E-state index in [-0.39, 0.29) is 30.7 Å². The number of rotatable bonds is 8. The van der Waals surface area contributed by atoms with E-state index in [1.165, 1.54) is 16.7 Å². The first-order chi connectivity index (χ1) is 16.1. The molecule has 4 rings (SSSR count). The van der Waals surface area contributed by atoms with Crippen molar-refractivity contribution in [3.8, 4) is 0 Å². The van der Waals surface area contributed by atoms with E-state index in [2.05, 4.69) is 9.97 Å². The third-order valence-electron chi connectivity index (χ3n) is 5.43. The molecule has 1 saturated heterocycles. The van der Waals surface area contributed by atoms with Gasteiger partial charge < -0.3 is 4.90 Å². The molecule has 0 radical (unpaired) electrons. The maximum atomic E-state index is 13.7. The van der Waals surface area contributed by atoms with Crippen LogP contribution in [0.25, 0.3) is 0 Å². The van der Waals surface area contributed by atoms with Crippen molar-refractivity contribution in [1.29, 1.82) is 0 Å². The predicted octanol–water partition coefficient (Wildman–Crippen LogP) is 3.71. The van der Waals surface area contributed by atoms with Crippen LogP contribution in [-0.2, 0) is 20.9 Å². The van der Waals surface area contributed by atoms with Crippen molar-refractivity contribution in [3.05, 3.63) is 84.7 Å². The molecule has 7 nitrogen and oxygen atoms in total. The van der Waals surface area contributed by atoms with Crippen molar-refractivity contribution in [3.63, 3.8) is 0 Å². The minimum Gasteiger partial charge on any atom is -0.325 e. The molecule has 2 unspecified atom stereocenters. The first-order valence-corrected chi connectivity index (χ1v) is 11.7. The van der Waals surface area contributed by atoms with Crippen LogP contribution < -0.4 is 4.90 Å². The number of benzene rings is 2. The third kappa shape index (κ3) is 5.12. The zero-order chi connectivity index (χ0) is 23.2. The monoisotopic (exact) mass is 460 g/mol. The molecule has 1 aromatic heterocycles. The average Bonchev–Trinajstić information content (AvgIpc) is 3.15. The van der Waals surface area contributed by atoms with Gasteiger partial charge in [-0.2, -0.15) is 0 Å². The molecule has 1 aliphatic rings. The summed E-state index contributed by atoms with van der Waals surface area (Å²) in [4.78, 5) is 51.2. The average molecular weight is 461 g/mol. The number of anilines is 1. The summed E-state index contributed by atoms with van der Waals surface area (Å²) in [5.74, 6) is -0.902. The number of hydrogen-bond acceptors (Lipinski definition) is 6. The summed E-state index contributed by atoms with van der Waals surface area (Å²) in [7, 11) is 0. The highest BCUT2D eigenvalue weighted by Crippen LogP contribution is 2.30. The largest absolute Gasteiger partial charge is 0.325 e. The van der Waals surface area contributed by atoms with Crippen molar-refractivity contribution < 1.29 is 14.4 Å². The maximum absolute atomic E-state index is 13.7. The summed E-state index contributed by atoms with van der Waals surface area (Å²) in [6.07, 6.45) is 3.75. The second-order valence-electron chi connectivity index (χ2n) is 7.62. The first kappa shape index (κ1) is 22.7. The van der Waals surface area contributed by atoms with Crippen molar-refractivity contribution in [2.24, 2.45) is 0 Å². The molecular weight excluding hydrogens is 436 g/mol. The standard InChI is InChI=1S/C25H24N4O3S/c1-2-21(33-25-26-14-9-15-27-25)24(32)28(17-18-10-5-3-6-11-18)20-16-22(30)29(23(20)31)19-12-7-4-8-13-19/h3-15,20-21H,2,16-17H2,1H3. The molecule has 168 valence electrons. The van der Waals surface area contributed by atoms with Gasteiger partial charge in [-0.1, -0.05) is 67.2 Å². The van der Waals surface area contributed by atoms with E-state index in [9.17, 15) is 14.4 Å². The highest BCUT2D eigenvalue weighted by Gasteiger charge is 2.45. The van der Waals surface area contributed by atoms with Gasteiger partial charge in [-0.25, -0.2) is 14.9 Å². The van der Waals surface area contributed by atoms with Crippen molar-refractivity contribution in [2.75, 3.05) is 4.90 Å². The number of imide groups is 1. The SMILES string of the molecule is CCC(Sc1ncccn1)C(=O)N(Cc1ccccc1)C1CC(=O)N(c2ccccc2)C1=O. The Bertz CT molecular complexity index is 1110. The minimum absolute atomic E-state index is 0.0464. The molecule has 1 fully saturated rings. The highest BCUT2D eigenvalue weighted by molar-refractivity contribution is 8.00. The Kier molecular flexibility index (Phi) is 7.14. The number of carbonyl (C=O) groups is 3. The van der Waals surface area contributed by atoms with Crippen molar-refractivity contribution >= 4 is 35.2 Å². The van der Waals surface area contributed by atoms with Crippen LogP contribution in [0.4, 0.5) is 5.69 Å². The summed E-state index contributed by atoms with van der Waals surface area (Å²) in [5, 5.41) is 0.0156. The summed E-state index contributed by atoms with van der Waals surface area (Å²) in [6.45, 7) is 2.15. The maximum Gasteiger partial charge on any atom is 0.257 e. The quantitative estimate of drug-likeness (QED) is 0.290. The number of thioether (sulfide) groups is 1. The molecule has 0 bridgehead atoms. The topological polar surface area (TPSA) is 83.5 Å². The van der Waals surface area contributed by atoms with E-state index in [0.29, 0.717) is 17.3 Å². The Labute approximate surface area is 196 Å². The molecule has 0 spiro atoms. The summed E-state index contributed by atoms with van der Waals surface area (Å²) in [6, 6.07) is 19.2. The van der Waals surface area contributed by atoms with E-state index in [1.54, 1.807) is 47.6 Å². The lowest BCUT2D eigenvalue weighted by atomic mass is 10.1. The van der Waals surface area contributed by atoms with E-state index in [0.717, 1.165) is 5.56 Å². The molecule has 1 aliphatic heterocycles. The van der Waals surface area contributed by atoms with Crippen LogP contribution in [0.2, 0.25) is 0 Å². The summed E-state index contributed by atoms with van der Waals surface area (Å²) >= 11 is 1.27. The number of hydrogen-bond donors (Lipinski definition) is 0. The van der Waals surface area contributed by atoms with Gasteiger partial charge in [0.05, 0.1) is 17.4 Å². The highest BCUT2D eigenvalue weighted by atomic mass is 32.2. The molecule has 0 saturated carbocycles. The Morgan fingerprint density at radius 1 is 1.03 bits per heavy atom. The second kappa shape index (κ2) is 10.4. The van der Waals surface area contributed by atoms with Crippen LogP contribution in [-0.4, -0.2) is 43.9 Å². The Morgan fingerprint density at radius 2 is 1.67 bits per heavy atom. The Balaban J connectivity index is 1.64. The second-order valence-corrected chi connectivity index (χ2v) is 8.79. The van der Waals surface area contributed by atoms with Gasteiger partial charge in [0.25, 0.3) is 5.91 Å². The number of nitrogens with zero attached hydrogens (tertiary/aromatic N) is 4. The smallest absolute Gasteiger partial charge is 0.257 e. The van der Waals surface area contributed by atoms with Crippen LogP contribution in [0.15, 0.2) is 84.3 Å². The lowest BCUT2D eigenvalue weighted by Gasteiger charge is -2.30. The Hall–Kier alpha value is -3.52. The van der Waals surface area contributed by atoms with Crippen LogP contribution in [0, 0.1) is 0 Å². The fourth-order valence-electron chi connectivity index (χ4n) is 3.80. The van der Waals surface area contributed by atoms with Crippen molar-refractivity contribution in [1.82, 2.24) is 14.9 Å². The first-order valence-electron chi connectivity index (χ1n) is 10.8.